The number of halogens is 2. The zero-order valence-electron chi connectivity index (χ0n) is 20.1. The second kappa shape index (κ2) is 10.1. The molecular weight excluding hydrogens is 579 g/mol. The number of aromatic nitrogens is 1. The molecule has 8 nitrogen and oxygen atoms in total. The summed E-state index contributed by atoms with van der Waals surface area (Å²) in [5.41, 5.74) is 0.934. The van der Waals surface area contributed by atoms with E-state index in [1.165, 1.54) is 42.3 Å². The predicted molar refractivity (Wildman–Crippen MR) is 144 cm³/mol. The van der Waals surface area contributed by atoms with Crippen molar-refractivity contribution < 1.29 is 33.7 Å². The van der Waals surface area contributed by atoms with Gasteiger partial charge in [-0.25, -0.2) is 9.37 Å². The number of ketones is 1. The molecule has 0 bridgehead atoms. The van der Waals surface area contributed by atoms with Gasteiger partial charge in [-0.2, -0.15) is 0 Å². The number of thiazole rings is 1. The van der Waals surface area contributed by atoms with Crippen LogP contribution in [0.4, 0.5) is 9.52 Å². The number of nitrogens with zero attached hydrogens (tertiary/aromatic N) is 2. The number of anilines is 1. The molecule has 4 aromatic rings. The minimum absolute atomic E-state index is 0.0902. The Morgan fingerprint density at radius 3 is 2.58 bits per heavy atom. The maximum Gasteiger partial charge on any atom is 0.301 e. The average Bonchev–Trinajstić information content (AvgIpc) is 3.43. The molecule has 1 fully saturated rings. The quantitative estimate of drug-likeness (QED) is 0.161. The number of phenols is 1. The highest BCUT2D eigenvalue weighted by Gasteiger charge is 2.48. The molecule has 1 atom stereocenters. The minimum atomic E-state index is -1.13. The van der Waals surface area contributed by atoms with Crippen molar-refractivity contribution in [2.24, 2.45) is 0 Å². The van der Waals surface area contributed by atoms with Gasteiger partial charge < -0.3 is 19.7 Å². The Hall–Kier alpha value is -3.96. The molecular formula is C27H20BrFN2O6S. The molecule has 0 saturated carbocycles. The molecule has 0 radical (unpaired) electrons. The number of hydrogen-bond acceptors (Lipinski definition) is 8. The molecule has 3 aromatic carbocycles. The maximum atomic E-state index is 13.9. The Morgan fingerprint density at radius 2 is 1.89 bits per heavy atom. The van der Waals surface area contributed by atoms with Crippen LogP contribution in [0, 0.1) is 5.82 Å². The van der Waals surface area contributed by atoms with Crippen molar-refractivity contribution in [3.63, 3.8) is 0 Å². The minimum Gasteiger partial charge on any atom is -0.507 e. The number of fused-ring (bicyclic) bond motifs is 1. The van der Waals surface area contributed by atoms with Crippen molar-refractivity contribution in [1.29, 1.82) is 0 Å². The van der Waals surface area contributed by atoms with Crippen molar-refractivity contribution >= 4 is 60.1 Å². The Kier molecular flexibility index (Phi) is 6.80. The maximum absolute atomic E-state index is 13.9. The highest BCUT2D eigenvalue weighted by molar-refractivity contribution is 9.10. The van der Waals surface area contributed by atoms with Gasteiger partial charge in [0.15, 0.2) is 16.6 Å². The third-order valence-corrected chi connectivity index (χ3v) is 7.64. The Labute approximate surface area is 228 Å². The van der Waals surface area contributed by atoms with Crippen molar-refractivity contribution in [3.8, 4) is 17.2 Å². The van der Waals surface area contributed by atoms with Gasteiger partial charge >= 0.3 is 5.91 Å². The van der Waals surface area contributed by atoms with E-state index in [1.807, 2.05) is 6.92 Å². The van der Waals surface area contributed by atoms with Crippen LogP contribution in [0.1, 0.15) is 24.1 Å². The van der Waals surface area contributed by atoms with Crippen molar-refractivity contribution in [1.82, 2.24) is 4.98 Å². The molecule has 1 aliphatic rings. The lowest BCUT2D eigenvalue weighted by atomic mass is 9.95. The summed E-state index contributed by atoms with van der Waals surface area (Å²) in [7, 11) is 1.37. The molecule has 5 rings (SSSR count). The molecule has 11 heteroatoms. The molecule has 0 aliphatic carbocycles. The van der Waals surface area contributed by atoms with Crippen LogP contribution < -0.4 is 14.4 Å². The number of carbonyl (C=O) groups excluding carboxylic acids is 2. The van der Waals surface area contributed by atoms with Crippen molar-refractivity contribution in [3.05, 3.63) is 81.6 Å². The highest BCUT2D eigenvalue weighted by atomic mass is 79.9. The van der Waals surface area contributed by atoms with Crippen molar-refractivity contribution in [2.75, 3.05) is 18.6 Å². The summed E-state index contributed by atoms with van der Waals surface area (Å²) in [6.07, 6.45) is 0. The van der Waals surface area contributed by atoms with Gasteiger partial charge in [-0.1, -0.05) is 11.3 Å². The van der Waals surface area contributed by atoms with E-state index in [0.717, 1.165) is 11.3 Å². The Morgan fingerprint density at radius 1 is 1.16 bits per heavy atom. The average molecular weight is 599 g/mol. The first-order valence-corrected chi connectivity index (χ1v) is 13.0. The fourth-order valence-electron chi connectivity index (χ4n) is 4.27. The summed E-state index contributed by atoms with van der Waals surface area (Å²) in [5, 5.41) is 21.8. The first-order chi connectivity index (χ1) is 18.2. The Balaban J connectivity index is 1.73. The van der Waals surface area contributed by atoms with E-state index in [1.54, 1.807) is 24.3 Å². The fourth-order valence-corrected chi connectivity index (χ4v) is 5.75. The van der Waals surface area contributed by atoms with Crippen LogP contribution in [0.3, 0.4) is 0 Å². The molecule has 2 N–H and O–H groups in total. The van der Waals surface area contributed by atoms with Crippen LogP contribution in [0.5, 0.6) is 17.2 Å². The summed E-state index contributed by atoms with van der Waals surface area (Å²) in [6.45, 7) is 2.30. The standard InChI is InChI=1S/C27H20BrFN2O6S/c1-3-37-16-7-4-13(5-8-16)23(32)21-22(14-10-17(28)24(33)19(11-14)36-2)31(26(35)25(21)34)27-30-18-9-6-15(29)12-20(18)38-27/h4-12,22,32-33H,3H2,1-2H3/b23-21+. The normalized spacial score (nSPS) is 16.8. The number of methoxy groups -OCH3 is 1. The third-order valence-electron chi connectivity index (χ3n) is 6.01. The number of aliphatic hydroxyl groups is 1. The fraction of sp³-hybridized carbons (Fsp3) is 0.148. The SMILES string of the molecule is CCOc1ccc(/C(O)=C2\C(=O)C(=O)N(c3nc4ccc(F)cc4s3)C2c2cc(Br)c(O)c(OC)c2)cc1. The zero-order valence-corrected chi connectivity index (χ0v) is 22.5. The van der Waals surface area contributed by atoms with Crippen molar-refractivity contribution in [2.45, 2.75) is 13.0 Å². The molecule has 38 heavy (non-hydrogen) atoms. The Bertz CT molecular complexity index is 1620. The number of aromatic hydroxyl groups is 1. The third kappa shape index (κ3) is 4.37. The molecule has 1 amide bonds. The molecule has 1 unspecified atom stereocenters. The van der Waals surface area contributed by atoms with Crippen LogP contribution in [0.25, 0.3) is 16.0 Å². The molecule has 194 valence electrons. The van der Waals surface area contributed by atoms with Gasteiger partial charge in [-0.3, -0.25) is 14.5 Å². The molecule has 2 heterocycles. The number of Topliss-reactive ketones (excluding diaryl/α,β-unsaturated/α-hetero) is 1. The number of aliphatic hydroxyl groups excluding tert-OH is 1. The summed E-state index contributed by atoms with van der Waals surface area (Å²) in [4.78, 5) is 32.5. The van der Waals surface area contributed by atoms with E-state index < -0.39 is 29.3 Å². The molecule has 1 aromatic heterocycles. The molecule has 1 aliphatic heterocycles. The predicted octanol–water partition coefficient (Wildman–Crippen LogP) is 5.94. The van der Waals surface area contributed by atoms with Gasteiger partial charge in [0.2, 0.25) is 0 Å². The number of amides is 1. The monoisotopic (exact) mass is 598 g/mol. The first kappa shape index (κ1) is 25.7. The lowest BCUT2D eigenvalue weighted by molar-refractivity contribution is -0.132. The lowest BCUT2D eigenvalue weighted by Crippen LogP contribution is -2.29. The number of carbonyl (C=O) groups is 2. The number of ether oxygens (including phenoxy) is 2. The zero-order chi connectivity index (χ0) is 27.1. The topological polar surface area (TPSA) is 109 Å². The van der Waals surface area contributed by atoms with Crippen LogP contribution in [0.2, 0.25) is 0 Å². The lowest BCUT2D eigenvalue weighted by Gasteiger charge is -2.24. The smallest absolute Gasteiger partial charge is 0.301 e. The summed E-state index contributed by atoms with van der Waals surface area (Å²) >= 11 is 4.32. The van der Waals surface area contributed by atoms with E-state index in [-0.39, 0.29) is 26.7 Å². The van der Waals surface area contributed by atoms with Crippen LogP contribution in [-0.4, -0.2) is 40.6 Å². The number of phenolic OH excluding ortho intramolecular Hbond substituents is 1. The van der Waals surface area contributed by atoms with Gasteiger partial charge in [0.1, 0.15) is 17.3 Å². The van der Waals surface area contributed by atoms with E-state index in [0.29, 0.717) is 33.7 Å². The van der Waals surface area contributed by atoms with Gasteiger partial charge in [0.05, 0.1) is 40.0 Å². The summed E-state index contributed by atoms with van der Waals surface area (Å²) < 4.78 is 25.3. The van der Waals surface area contributed by atoms with Gasteiger partial charge in [0, 0.05) is 5.56 Å². The summed E-state index contributed by atoms with van der Waals surface area (Å²) in [5.74, 6) is -2.19. The number of rotatable bonds is 6. The largest absolute Gasteiger partial charge is 0.507 e. The second-order valence-corrected chi connectivity index (χ2v) is 10.2. The first-order valence-electron chi connectivity index (χ1n) is 11.4. The van der Waals surface area contributed by atoms with E-state index >= 15 is 0 Å². The second-order valence-electron chi connectivity index (χ2n) is 8.29. The highest BCUT2D eigenvalue weighted by Crippen LogP contribution is 2.47. The molecule has 1 saturated heterocycles. The number of benzene rings is 3. The summed E-state index contributed by atoms with van der Waals surface area (Å²) in [6, 6.07) is 12.4. The van der Waals surface area contributed by atoms with Gasteiger partial charge in [-0.15, -0.1) is 0 Å². The van der Waals surface area contributed by atoms with E-state index in [9.17, 15) is 24.2 Å². The van der Waals surface area contributed by atoms with Crippen LogP contribution in [-0.2, 0) is 9.59 Å². The molecule has 0 spiro atoms. The number of hydrogen-bond donors (Lipinski definition) is 2. The van der Waals surface area contributed by atoms with E-state index in [4.69, 9.17) is 9.47 Å². The van der Waals surface area contributed by atoms with Gasteiger partial charge in [-0.05, 0) is 83.0 Å². The van der Waals surface area contributed by atoms with Crippen LogP contribution >= 0.6 is 27.3 Å². The van der Waals surface area contributed by atoms with E-state index in [2.05, 4.69) is 20.9 Å². The van der Waals surface area contributed by atoms with Gasteiger partial charge in [0.25, 0.3) is 5.78 Å². The van der Waals surface area contributed by atoms with Crippen LogP contribution in [0.15, 0.2) is 64.6 Å².